The number of pyridine rings is 1. The Kier molecular flexibility index (Phi) is 4.55. The normalized spacial score (nSPS) is 25.2. The molecule has 1 aliphatic heterocycles. The number of aromatic nitrogens is 1. The van der Waals surface area contributed by atoms with Crippen LogP contribution in [0.25, 0.3) is 0 Å². The van der Waals surface area contributed by atoms with Gasteiger partial charge in [0.25, 0.3) is 0 Å². The van der Waals surface area contributed by atoms with E-state index in [1.807, 2.05) is 12.3 Å². The zero-order valence-electron chi connectivity index (χ0n) is 12.2. The third kappa shape index (κ3) is 4.00. The number of likely N-dealkylation sites (N-methyl/N-ethyl adjacent to an activating group) is 1. The summed E-state index contributed by atoms with van der Waals surface area (Å²) in [4.78, 5) is 8.89. The minimum Gasteiger partial charge on any atom is -0.395 e. The molecule has 19 heavy (non-hydrogen) atoms. The first kappa shape index (κ1) is 14.4. The van der Waals surface area contributed by atoms with E-state index in [4.69, 9.17) is 0 Å². The third-order valence-electron chi connectivity index (χ3n) is 3.76. The SMILES string of the molecule is CN1CC(C)(C)CN(Cc2cccnc2)CC1CO. The minimum atomic E-state index is 0.218. The molecule has 1 saturated heterocycles. The molecule has 1 atom stereocenters. The monoisotopic (exact) mass is 263 g/mol. The molecule has 1 N–H and O–H groups in total. The van der Waals surface area contributed by atoms with Gasteiger partial charge in [0.05, 0.1) is 6.61 Å². The van der Waals surface area contributed by atoms with E-state index in [1.165, 1.54) is 5.56 Å². The molecular weight excluding hydrogens is 238 g/mol. The number of aliphatic hydroxyl groups excluding tert-OH is 1. The van der Waals surface area contributed by atoms with E-state index < -0.39 is 0 Å². The van der Waals surface area contributed by atoms with E-state index in [-0.39, 0.29) is 18.1 Å². The molecule has 4 heteroatoms. The zero-order chi connectivity index (χ0) is 13.9. The van der Waals surface area contributed by atoms with Crippen molar-refractivity contribution >= 4 is 0 Å². The summed E-state index contributed by atoms with van der Waals surface area (Å²) in [5, 5.41) is 9.56. The van der Waals surface area contributed by atoms with Gasteiger partial charge in [-0.1, -0.05) is 19.9 Å². The second kappa shape index (κ2) is 5.99. The molecular formula is C15H25N3O. The fourth-order valence-corrected chi connectivity index (χ4v) is 3.03. The van der Waals surface area contributed by atoms with Crippen molar-refractivity contribution in [3.05, 3.63) is 30.1 Å². The lowest BCUT2D eigenvalue weighted by molar-refractivity contribution is 0.125. The van der Waals surface area contributed by atoms with Gasteiger partial charge in [-0.15, -0.1) is 0 Å². The highest BCUT2D eigenvalue weighted by Gasteiger charge is 2.31. The number of nitrogens with zero attached hydrogens (tertiary/aromatic N) is 3. The van der Waals surface area contributed by atoms with Gasteiger partial charge in [-0.2, -0.15) is 0 Å². The first-order valence-electron chi connectivity index (χ1n) is 6.92. The van der Waals surface area contributed by atoms with Crippen molar-refractivity contribution in [2.45, 2.75) is 26.4 Å². The Morgan fingerprint density at radius 3 is 2.84 bits per heavy atom. The Balaban J connectivity index is 2.10. The predicted molar refractivity (Wildman–Crippen MR) is 76.8 cm³/mol. The fourth-order valence-electron chi connectivity index (χ4n) is 3.03. The van der Waals surface area contributed by atoms with E-state index >= 15 is 0 Å². The van der Waals surface area contributed by atoms with E-state index in [0.29, 0.717) is 0 Å². The maximum atomic E-state index is 9.56. The van der Waals surface area contributed by atoms with Gasteiger partial charge in [0.2, 0.25) is 0 Å². The van der Waals surface area contributed by atoms with Crippen molar-refractivity contribution in [3.63, 3.8) is 0 Å². The quantitative estimate of drug-likeness (QED) is 0.890. The Bertz CT molecular complexity index is 394. The molecule has 1 aliphatic rings. The van der Waals surface area contributed by atoms with Crippen molar-refractivity contribution in [2.24, 2.45) is 5.41 Å². The fraction of sp³-hybridized carbons (Fsp3) is 0.667. The molecule has 2 heterocycles. The van der Waals surface area contributed by atoms with Crippen LogP contribution in [0.4, 0.5) is 0 Å². The van der Waals surface area contributed by atoms with Crippen molar-refractivity contribution in [3.8, 4) is 0 Å². The van der Waals surface area contributed by atoms with Gasteiger partial charge in [0.1, 0.15) is 0 Å². The topological polar surface area (TPSA) is 39.6 Å². The number of rotatable bonds is 3. The van der Waals surface area contributed by atoms with Crippen molar-refractivity contribution in [1.29, 1.82) is 0 Å². The van der Waals surface area contributed by atoms with E-state index in [1.54, 1.807) is 6.20 Å². The molecule has 0 aliphatic carbocycles. The molecule has 0 spiro atoms. The minimum absolute atomic E-state index is 0.218. The Labute approximate surface area is 116 Å². The van der Waals surface area contributed by atoms with Gasteiger partial charge in [0, 0.05) is 44.6 Å². The van der Waals surface area contributed by atoms with Crippen LogP contribution in [-0.4, -0.2) is 59.2 Å². The average molecular weight is 263 g/mol. The Morgan fingerprint density at radius 1 is 1.42 bits per heavy atom. The molecule has 0 saturated carbocycles. The average Bonchev–Trinajstić information content (AvgIpc) is 2.45. The summed E-state index contributed by atoms with van der Waals surface area (Å²) in [5.41, 5.74) is 1.47. The van der Waals surface area contributed by atoms with Gasteiger partial charge < -0.3 is 5.11 Å². The standard InChI is InChI=1S/C15H25N3O/c1-15(2)11-17(3)14(10-19)9-18(12-15)8-13-5-4-6-16-7-13/h4-7,14,19H,8-12H2,1-3H3. The lowest BCUT2D eigenvalue weighted by Gasteiger charge is -2.30. The zero-order valence-corrected chi connectivity index (χ0v) is 12.2. The van der Waals surface area contributed by atoms with Crippen LogP contribution in [0.15, 0.2) is 24.5 Å². The summed E-state index contributed by atoms with van der Waals surface area (Å²) < 4.78 is 0. The number of aliphatic hydroxyl groups is 1. The van der Waals surface area contributed by atoms with Crippen molar-refractivity contribution < 1.29 is 5.11 Å². The second-order valence-electron chi connectivity index (χ2n) is 6.45. The first-order chi connectivity index (χ1) is 9.00. The van der Waals surface area contributed by atoms with E-state index in [0.717, 1.165) is 26.2 Å². The largest absolute Gasteiger partial charge is 0.395 e. The molecule has 4 nitrogen and oxygen atoms in total. The van der Waals surface area contributed by atoms with Crippen LogP contribution >= 0.6 is 0 Å². The van der Waals surface area contributed by atoms with Crippen molar-refractivity contribution in [2.75, 3.05) is 33.3 Å². The molecule has 0 amide bonds. The predicted octanol–water partition coefficient (Wildman–Crippen LogP) is 1.22. The van der Waals surface area contributed by atoms with Crippen LogP contribution in [0.3, 0.4) is 0 Å². The van der Waals surface area contributed by atoms with Gasteiger partial charge in [-0.25, -0.2) is 0 Å². The van der Waals surface area contributed by atoms with Crippen LogP contribution in [-0.2, 0) is 6.54 Å². The molecule has 2 rings (SSSR count). The smallest absolute Gasteiger partial charge is 0.0599 e. The maximum absolute atomic E-state index is 9.56. The van der Waals surface area contributed by atoms with Gasteiger partial charge in [-0.05, 0) is 24.1 Å². The third-order valence-corrected chi connectivity index (χ3v) is 3.76. The Hall–Kier alpha value is -0.970. The van der Waals surface area contributed by atoms with Crippen LogP contribution in [0.1, 0.15) is 19.4 Å². The maximum Gasteiger partial charge on any atom is 0.0599 e. The number of hydrogen-bond acceptors (Lipinski definition) is 4. The van der Waals surface area contributed by atoms with Gasteiger partial charge >= 0.3 is 0 Å². The van der Waals surface area contributed by atoms with Crippen LogP contribution in [0.2, 0.25) is 0 Å². The van der Waals surface area contributed by atoms with Gasteiger partial charge in [0.15, 0.2) is 0 Å². The van der Waals surface area contributed by atoms with Crippen LogP contribution < -0.4 is 0 Å². The molecule has 1 aromatic rings. The molecule has 106 valence electrons. The highest BCUT2D eigenvalue weighted by molar-refractivity contribution is 5.08. The molecule has 0 radical (unpaired) electrons. The van der Waals surface area contributed by atoms with Crippen LogP contribution in [0.5, 0.6) is 0 Å². The summed E-state index contributed by atoms with van der Waals surface area (Å²) in [7, 11) is 2.11. The molecule has 1 aromatic heterocycles. The van der Waals surface area contributed by atoms with E-state index in [9.17, 15) is 5.11 Å². The summed E-state index contributed by atoms with van der Waals surface area (Å²) in [6.07, 6.45) is 3.73. The highest BCUT2D eigenvalue weighted by atomic mass is 16.3. The number of hydrogen-bond donors (Lipinski definition) is 1. The Morgan fingerprint density at radius 2 is 2.21 bits per heavy atom. The summed E-state index contributed by atoms with van der Waals surface area (Å²) >= 11 is 0. The molecule has 1 unspecified atom stereocenters. The van der Waals surface area contributed by atoms with Crippen molar-refractivity contribution in [1.82, 2.24) is 14.8 Å². The lowest BCUT2D eigenvalue weighted by Crippen LogP contribution is -2.41. The molecule has 1 fully saturated rings. The summed E-state index contributed by atoms with van der Waals surface area (Å²) in [6.45, 7) is 8.67. The highest BCUT2D eigenvalue weighted by Crippen LogP contribution is 2.24. The first-order valence-corrected chi connectivity index (χ1v) is 6.92. The lowest BCUT2D eigenvalue weighted by atomic mass is 9.92. The van der Waals surface area contributed by atoms with E-state index in [2.05, 4.69) is 41.7 Å². The summed E-state index contributed by atoms with van der Waals surface area (Å²) in [6, 6.07) is 4.31. The second-order valence-corrected chi connectivity index (χ2v) is 6.45. The van der Waals surface area contributed by atoms with Gasteiger partial charge in [-0.3, -0.25) is 14.8 Å². The van der Waals surface area contributed by atoms with Crippen LogP contribution in [0, 0.1) is 5.41 Å². The molecule has 0 aromatic carbocycles. The summed E-state index contributed by atoms with van der Waals surface area (Å²) in [5.74, 6) is 0. The molecule has 0 bridgehead atoms.